The number of H-pyrrole nitrogens is 2. The first-order valence-corrected chi connectivity index (χ1v) is 11.1. The minimum atomic E-state index is -0.374. The summed E-state index contributed by atoms with van der Waals surface area (Å²) in [5, 5.41) is 18.0. The molecule has 0 spiro atoms. The van der Waals surface area contributed by atoms with Gasteiger partial charge < -0.3 is 9.97 Å². The minimum absolute atomic E-state index is 0.239. The number of hydrogen-bond acceptors (Lipinski definition) is 4. The lowest BCUT2D eigenvalue weighted by Gasteiger charge is -1.93. The second-order valence-corrected chi connectivity index (χ2v) is 7.74. The van der Waals surface area contributed by atoms with Crippen LogP contribution in [0.25, 0.3) is 21.8 Å². The molecule has 2 N–H and O–H groups in total. The van der Waals surface area contributed by atoms with Crippen LogP contribution in [0.15, 0.2) is 130 Å². The van der Waals surface area contributed by atoms with Crippen LogP contribution in [0, 0.1) is 11.6 Å². The zero-order chi connectivity index (χ0) is 24.7. The van der Waals surface area contributed by atoms with E-state index < -0.39 is 0 Å². The van der Waals surface area contributed by atoms with Gasteiger partial charge in [-0.15, -0.1) is 20.5 Å². The van der Waals surface area contributed by atoms with E-state index in [0.29, 0.717) is 11.4 Å². The lowest BCUT2D eigenvalue weighted by Crippen LogP contribution is -1.71. The first-order chi connectivity index (χ1) is 17.7. The van der Waals surface area contributed by atoms with Crippen LogP contribution >= 0.6 is 0 Å². The molecule has 0 fully saturated rings. The molecule has 6 rings (SSSR count). The standard InChI is InChI=1S/2C14H10FN3/c2*15-11-6-2-4-8-13(11)17-18-14-9-16-12-7-3-1-5-10(12)14/h2*1-9,16H. The average molecular weight is 479 g/mol. The molecule has 0 atom stereocenters. The molecule has 0 aliphatic rings. The second kappa shape index (κ2) is 10.5. The molecule has 0 aliphatic carbocycles. The van der Waals surface area contributed by atoms with E-state index in [9.17, 15) is 8.78 Å². The summed E-state index contributed by atoms with van der Waals surface area (Å²) in [6.07, 6.45) is 3.52. The molecule has 0 saturated heterocycles. The van der Waals surface area contributed by atoms with Crippen molar-refractivity contribution >= 4 is 44.6 Å². The average Bonchev–Trinajstić information content (AvgIpc) is 3.52. The summed E-state index contributed by atoms with van der Waals surface area (Å²) < 4.78 is 26.7. The predicted molar refractivity (Wildman–Crippen MR) is 138 cm³/mol. The molecule has 6 nitrogen and oxygen atoms in total. The van der Waals surface area contributed by atoms with Gasteiger partial charge in [-0.2, -0.15) is 0 Å². The maximum Gasteiger partial charge on any atom is 0.150 e. The topological polar surface area (TPSA) is 81.0 Å². The fourth-order valence-corrected chi connectivity index (χ4v) is 3.56. The van der Waals surface area contributed by atoms with Crippen LogP contribution in [-0.4, -0.2) is 9.97 Å². The van der Waals surface area contributed by atoms with E-state index >= 15 is 0 Å². The predicted octanol–water partition coefficient (Wildman–Crippen LogP) is 9.44. The zero-order valence-electron chi connectivity index (χ0n) is 18.9. The Morgan fingerprint density at radius 2 is 0.778 bits per heavy atom. The lowest BCUT2D eigenvalue weighted by molar-refractivity contribution is 0.628. The SMILES string of the molecule is Fc1ccccc1N=Nc1c[nH]c2ccccc12.Fc1ccccc1N=Nc1c[nH]c2ccccc12. The number of benzene rings is 4. The van der Waals surface area contributed by atoms with E-state index in [0.717, 1.165) is 21.8 Å². The molecule has 8 heteroatoms. The third-order valence-electron chi connectivity index (χ3n) is 5.37. The van der Waals surface area contributed by atoms with Crippen LogP contribution in [0.1, 0.15) is 0 Å². The fraction of sp³-hybridized carbons (Fsp3) is 0. The van der Waals surface area contributed by atoms with Gasteiger partial charge in [0.2, 0.25) is 0 Å². The second-order valence-electron chi connectivity index (χ2n) is 7.74. The van der Waals surface area contributed by atoms with Crippen LogP contribution < -0.4 is 0 Å². The molecule has 0 radical (unpaired) electrons. The Kier molecular flexibility index (Phi) is 6.66. The van der Waals surface area contributed by atoms with E-state index in [2.05, 4.69) is 30.4 Å². The van der Waals surface area contributed by atoms with Crippen molar-refractivity contribution < 1.29 is 8.78 Å². The van der Waals surface area contributed by atoms with Gasteiger partial charge in [0.05, 0.1) is 0 Å². The Morgan fingerprint density at radius 1 is 0.417 bits per heavy atom. The summed E-state index contributed by atoms with van der Waals surface area (Å²) in [4.78, 5) is 6.18. The Morgan fingerprint density at radius 3 is 1.22 bits per heavy atom. The molecular formula is C28H20F2N6. The Balaban J connectivity index is 0.000000148. The number of hydrogen-bond donors (Lipinski definition) is 2. The molecule has 6 aromatic rings. The van der Waals surface area contributed by atoms with Crippen molar-refractivity contribution in [3.05, 3.63) is 121 Å². The molecule has 2 heterocycles. The minimum Gasteiger partial charge on any atom is -0.359 e. The van der Waals surface area contributed by atoms with E-state index in [-0.39, 0.29) is 23.0 Å². The van der Waals surface area contributed by atoms with Crippen molar-refractivity contribution in [2.24, 2.45) is 20.5 Å². The molecule has 0 amide bonds. The van der Waals surface area contributed by atoms with Crippen LogP contribution in [0.5, 0.6) is 0 Å². The fourth-order valence-electron chi connectivity index (χ4n) is 3.56. The third kappa shape index (κ3) is 5.07. The summed E-state index contributed by atoms with van der Waals surface area (Å²) in [6.45, 7) is 0. The van der Waals surface area contributed by atoms with Gasteiger partial charge in [-0.1, -0.05) is 60.7 Å². The molecule has 0 aliphatic heterocycles. The van der Waals surface area contributed by atoms with Crippen molar-refractivity contribution in [3.8, 4) is 0 Å². The van der Waals surface area contributed by atoms with Gasteiger partial charge in [0.15, 0.2) is 11.6 Å². The number of azo groups is 2. The molecule has 0 unspecified atom stereocenters. The van der Waals surface area contributed by atoms with Gasteiger partial charge in [0, 0.05) is 34.2 Å². The van der Waals surface area contributed by atoms with E-state index in [1.54, 1.807) is 48.8 Å². The number of halogens is 2. The number of nitrogens with zero attached hydrogens (tertiary/aromatic N) is 4. The van der Waals surface area contributed by atoms with Crippen LogP contribution in [0.2, 0.25) is 0 Å². The summed E-state index contributed by atoms with van der Waals surface area (Å²) in [5.74, 6) is -0.748. The maximum atomic E-state index is 13.4. The number of aromatic amines is 2. The summed E-state index contributed by atoms with van der Waals surface area (Å²) >= 11 is 0. The molecule has 4 aromatic carbocycles. The number of aromatic nitrogens is 2. The lowest BCUT2D eigenvalue weighted by atomic mass is 10.2. The molecule has 36 heavy (non-hydrogen) atoms. The summed E-state index contributed by atoms with van der Waals surface area (Å²) in [6, 6.07) is 28.2. The van der Waals surface area contributed by atoms with Crippen molar-refractivity contribution in [1.82, 2.24) is 9.97 Å². The number of para-hydroxylation sites is 2. The van der Waals surface area contributed by atoms with Crippen molar-refractivity contribution in [2.45, 2.75) is 0 Å². The molecule has 176 valence electrons. The van der Waals surface area contributed by atoms with Gasteiger partial charge >= 0.3 is 0 Å². The smallest absolute Gasteiger partial charge is 0.150 e. The Labute approximate surface area is 205 Å². The summed E-state index contributed by atoms with van der Waals surface area (Å²) in [5.41, 5.74) is 3.85. The highest BCUT2D eigenvalue weighted by Crippen LogP contribution is 2.29. The van der Waals surface area contributed by atoms with E-state index in [4.69, 9.17) is 0 Å². The Hall–Kier alpha value is -4.98. The van der Waals surface area contributed by atoms with Crippen molar-refractivity contribution in [1.29, 1.82) is 0 Å². The molecule has 2 aromatic heterocycles. The van der Waals surface area contributed by atoms with Gasteiger partial charge in [-0.05, 0) is 36.4 Å². The van der Waals surface area contributed by atoms with Crippen LogP contribution in [0.3, 0.4) is 0 Å². The number of fused-ring (bicyclic) bond motifs is 2. The number of nitrogens with one attached hydrogen (secondary N) is 2. The number of rotatable bonds is 4. The van der Waals surface area contributed by atoms with E-state index in [1.807, 2.05) is 48.5 Å². The highest BCUT2D eigenvalue weighted by Gasteiger charge is 2.03. The third-order valence-corrected chi connectivity index (χ3v) is 5.37. The van der Waals surface area contributed by atoms with Gasteiger partial charge in [0.25, 0.3) is 0 Å². The summed E-state index contributed by atoms with van der Waals surface area (Å²) in [7, 11) is 0. The van der Waals surface area contributed by atoms with Crippen molar-refractivity contribution in [3.63, 3.8) is 0 Å². The first-order valence-electron chi connectivity index (χ1n) is 11.1. The highest BCUT2D eigenvalue weighted by atomic mass is 19.1. The van der Waals surface area contributed by atoms with Crippen molar-refractivity contribution in [2.75, 3.05) is 0 Å². The normalized spacial score (nSPS) is 11.4. The maximum absolute atomic E-state index is 13.4. The van der Waals surface area contributed by atoms with Gasteiger partial charge in [-0.25, -0.2) is 8.78 Å². The van der Waals surface area contributed by atoms with Crippen LogP contribution in [0.4, 0.5) is 31.5 Å². The molecular weight excluding hydrogens is 458 g/mol. The largest absolute Gasteiger partial charge is 0.359 e. The first kappa shape index (κ1) is 22.8. The Bertz CT molecular complexity index is 1560. The van der Waals surface area contributed by atoms with Gasteiger partial charge in [0.1, 0.15) is 22.7 Å². The quantitative estimate of drug-likeness (QED) is 0.237. The molecule has 0 bridgehead atoms. The zero-order valence-corrected chi connectivity index (χ0v) is 18.9. The van der Waals surface area contributed by atoms with Gasteiger partial charge in [-0.3, -0.25) is 0 Å². The monoisotopic (exact) mass is 478 g/mol. The highest BCUT2D eigenvalue weighted by molar-refractivity contribution is 5.91. The molecule has 0 saturated carbocycles. The van der Waals surface area contributed by atoms with Crippen LogP contribution in [-0.2, 0) is 0 Å². The van der Waals surface area contributed by atoms with E-state index in [1.165, 1.54) is 12.1 Å².